The van der Waals surface area contributed by atoms with Crippen LogP contribution in [0.5, 0.6) is 0 Å². The number of quaternary nitrogens is 1. The van der Waals surface area contributed by atoms with Crippen molar-refractivity contribution in [2.45, 2.75) is 56.2 Å². The Morgan fingerprint density at radius 1 is 0.485 bits per heavy atom. The van der Waals surface area contributed by atoms with E-state index < -0.39 is 49.5 Å². The summed E-state index contributed by atoms with van der Waals surface area (Å²) in [5.74, 6) is -1.35. The Labute approximate surface area is 835 Å². The summed E-state index contributed by atoms with van der Waals surface area (Å²) in [5, 5.41) is 56.5. The van der Waals surface area contributed by atoms with Crippen LogP contribution in [0.3, 0.4) is 0 Å². The quantitative estimate of drug-likeness (QED) is 0.00899. The molecule has 35 heteroatoms. The van der Waals surface area contributed by atoms with Crippen molar-refractivity contribution in [2.75, 3.05) is 0 Å². The maximum Gasteiger partial charge on any atom is 0.561 e. The fraction of sp³-hybridized carbons (Fsp3) is 0.0928. The van der Waals surface area contributed by atoms with Crippen LogP contribution in [0, 0.1) is 17.0 Å². The Balaban J connectivity index is 0.000000269. The standard InChI is InChI=1S/C16H10Br2ClN.C16H10ClNO2.C16H16ClNO2.C16H10ClNO.C16H12ClN.C9H13NO.C7H4Cl2O.CH4.Ag.ClH.HNO3.H2O5P2/c17-16(18)14-9-10-5-1-2-6-11(10)15(20-14)12-7-3-4-8-13(12)19;17-13-8-4-3-7-12(13)15-11-6-2-1-5-10(11)9-14(18-15)16(19)20;1-11(15(19)12-7-3-2-4-8-12)18-16(20)13-9-5-6-10-14(13)17;17-15-8-4-3-7-14(15)16-13-6-2-1-5-11(13)9-12(10-19)18-16;1-11-10-12-6-2-3-7-13(12)16(18-11)14-8-4-5-9-15(14)17;1-7(10)9(11)8-5-3-2-4-6-8;8-6-4-2-1-3-5(6)7(9)10;;;;2-1(3)4;1-6(2)7(3,4)5/h1-9,16H;1-9H,(H,19,20);2-11,15,19H,1H3,(H,18,20);1-10H;2-10H,1H3;2-7,9,11H,10H2,1H3;1-4H;1H4;;1H;(H,2,3,4);(H2,3,4,5). The fourth-order valence-electron chi connectivity index (χ4n) is 12.2. The number of nitrogens with one attached hydrogen (secondary N) is 1. The summed E-state index contributed by atoms with van der Waals surface area (Å²) in [4.78, 5) is 95.8. The van der Waals surface area contributed by atoms with Crippen LogP contribution in [0.4, 0.5) is 0 Å². The molecule has 16 rings (SSSR count). The zero-order chi connectivity index (χ0) is 94.0. The van der Waals surface area contributed by atoms with E-state index in [-0.39, 0.29) is 63.6 Å². The van der Waals surface area contributed by atoms with Crippen LogP contribution in [-0.4, -0.2) is 90.8 Å². The van der Waals surface area contributed by atoms with Gasteiger partial charge in [-0.25, -0.2) is 24.3 Å². The van der Waals surface area contributed by atoms with E-state index in [1.165, 1.54) is 5.39 Å². The molecule has 5 atom stereocenters. The van der Waals surface area contributed by atoms with E-state index in [0.29, 0.717) is 47.6 Å². The number of alkyl halides is 2. The number of aliphatic hydroxyl groups is 2. The van der Waals surface area contributed by atoms with E-state index in [1.807, 2.05) is 238 Å². The average molecular weight is 2200 g/mol. The molecule has 687 valence electrons. The Hall–Kier alpha value is -10.1. The zero-order valence-corrected chi connectivity index (χ0v) is 81.4. The van der Waals surface area contributed by atoms with Crippen molar-refractivity contribution < 1.29 is 109 Å². The number of fused-ring (bicyclic) bond motifs is 4. The van der Waals surface area contributed by atoms with Gasteiger partial charge >= 0.3 is 21.0 Å². The third-order valence-corrected chi connectivity index (χ3v) is 23.1. The molecule has 0 spiro atoms. The van der Waals surface area contributed by atoms with E-state index >= 15 is 0 Å². The average Bonchev–Trinajstić information content (AvgIpc) is 0.789. The summed E-state index contributed by atoms with van der Waals surface area (Å²) in [5.41, 5.74) is 15.3. The molecule has 10 N–H and O–H groups in total. The smallest absolute Gasteiger partial charge is 0.561 e. The number of carboxylic acids is 1. The number of amides is 1. The van der Waals surface area contributed by atoms with Gasteiger partial charge in [-0.2, -0.15) is 0 Å². The van der Waals surface area contributed by atoms with Gasteiger partial charge in [0.05, 0.1) is 61.8 Å². The number of hydrogen-bond donors (Lipinski definition) is 8. The number of aromatic carboxylic acids is 1. The monoisotopic (exact) mass is 2190 g/mol. The first kappa shape index (κ1) is 112. The van der Waals surface area contributed by atoms with Gasteiger partial charge in [-0.1, -0.05) is 368 Å². The van der Waals surface area contributed by atoms with Crippen molar-refractivity contribution in [3.05, 3.63) is 413 Å². The zero-order valence-electron chi connectivity index (χ0n) is 68.9. The number of carbonyl (C=O) groups excluding carboxylic acids is 3. The van der Waals surface area contributed by atoms with Gasteiger partial charge < -0.3 is 48.9 Å². The molecule has 0 saturated heterocycles. The Morgan fingerprint density at radius 3 is 1.13 bits per heavy atom. The minimum absolute atomic E-state index is 0. The third kappa shape index (κ3) is 33.8. The molecule has 0 aliphatic rings. The molecule has 0 aliphatic carbocycles. The number of pyridine rings is 4. The summed E-state index contributed by atoms with van der Waals surface area (Å²) >= 11 is 48.8. The molecule has 4 heterocycles. The van der Waals surface area contributed by atoms with Crippen molar-refractivity contribution >= 4 is 195 Å². The molecule has 22 nitrogen and oxygen atoms in total. The van der Waals surface area contributed by atoms with Crippen LogP contribution in [0.2, 0.25) is 30.1 Å². The van der Waals surface area contributed by atoms with E-state index in [2.05, 4.69) is 94.3 Å². The van der Waals surface area contributed by atoms with Crippen LogP contribution in [-0.2, 0) is 31.5 Å². The third-order valence-electron chi connectivity index (χ3n) is 18.3. The van der Waals surface area contributed by atoms with Gasteiger partial charge in [-0.3, -0.25) is 29.2 Å². The molecule has 0 bridgehead atoms. The van der Waals surface area contributed by atoms with Crippen LogP contribution in [0.1, 0.15) is 101 Å². The maximum absolute atomic E-state index is 12.1. The molecule has 0 fully saturated rings. The first-order valence-electron chi connectivity index (χ1n) is 38.4. The number of rotatable bonds is 15. The van der Waals surface area contributed by atoms with Crippen LogP contribution < -0.4 is 28.4 Å². The number of aliphatic hydroxyl groups excluding tert-OH is 2. The maximum atomic E-state index is 12.1. The topological polar surface area (TPSA) is 381 Å². The minimum atomic E-state index is -4.78. The molecular formula is C97H83AgBr2Cl8N7O15P2. The summed E-state index contributed by atoms with van der Waals surface area (Å²) in [7, 11) is -8.36. The summed E-state index contributed by atoms with van der Waals surface area (Å²) in [6, 6.07) is 102. The normalized spacial score (nSPS) is 11.3. The molecule has 5 unspecified atom stereocenters. The Bertz CT molecular complexity index is 6630. The number of nitrogens with zero attached hydrogens (tertiary/aromatic N) is 5. The predicted molar refractivity (Wildman–Crippen MR) is 527 cm³/mol. The van der Waals surface area contributed by atoms with E-state index in [0.717, 1.165) is 111 Å². The molecule has 132 heavy (non-hydrogen) atoms. The van der Waals surface area contributed by atoms with E-state index in [4.69, 9.17) is 111 Å². The minimum Gasteiger partial charge on any atom is -1.00 e. The Morgan fingerprint density at radius 2 is 0.788 bits per heavy atom. The molecule has 0 aliphatic heterocycles. The number of aryl methyl sites for hydroxylation is 1. The van der Waals surface area contributed by atoms with Crippen molar-refractivity contribution in [1.82, 2.24) is 25.3 Å². The van der Waals surface area contributed by atoms with Crippen molar-refractivity contribution in [3.8, 4) is 45.0 Å². The number of carbonyl (C=O) groups is 4. The second-order valence-electron chi connectivity index (χ2n) is 27.5. The summed E-state index contributed by atoms with van der Waals surface area (Å²) in [6.07, 6.45) is -0.439. The molecule has 16 aromatic rings. The number of carboxylic acid groups (broad SMARTS) is 1. The Kier molecular flexibility index (Phi) is 47.8. The number of aromatic nitrogens is 4. The summed E-state index contributed by atoms with van der Waals surface area (Å²) in [6.45, 7) is 5.66. The van der Waals surface area contributed by atoms with Gasteiger partial charge in [0.2, 0.25) is 0 Å². The second-order valence-corrected chi connectivity index (χ2v) is 37.4. The van der Waals surface area contributed by atoms with Gasteiger partial charge in [-0.05, 0) is 138 Å². The molecule has 1 amide bonds. The number of benzene rings is 12. The molecule has 12 aromatic carbocycles. The van der Waals surface area contributed by atoms with E-state index in [9.17, 15) is 48.5 Å². The fourth-order valence-corrected chi connectivity index (χ4v) is 14.3. The number of halogens is 10. The van der Waals surface area contributed by atoms with Gasteiger partial charge in [0.1, 0.15) is 27.3 Å². The van der Waals surface area contributed by atoms with Crippen molar-refractivity contribution in [3.63, 3.8) is 0 Å². The van der Waals surface area contributed by atoms with Gasteiger partial charge in [0, 0.05) is 92.0 Å². The van der Waals surface area contributed by atoms with Crippen LogP contribution >= 0.6 is 128 Å². The first-order valence-corrected chi connectivity index (χ1v) is 46.4. The van der Waals surface area contributed by atoms with Gasteiger partial charge in [0.15, 0.2) is 6.29 Å². The van der Waals surface area contributed by atoms with Crippen molar-refractivity contribution in [2.24, 2.45) is 0 Å². The van der Waals surface area contributed by atoms with Crippen molar-refractivity contribution in [1.29, 1.82) is 0 Å². The molecule has 0 saturated carbocycles. The molecule has 1 radical (unpaired) electrons. The molecular weight excluding hydrogens is 2120 g/mol. The van der Waals surface area contributed by atoms with Crippen LogP contribution in [0.15, 0.2) is 328 Å². The molecule has 4 aromatic heterocycles. The predicted octanol–water partition coefficient (Wildman–Crippen LogP) is 22.6. The number of hydrogen-bond acceptors (Lipinski definition) is 15. The summed E-state index contributed by atoms with van der Waals surface area (Å²) < 4.78 is 18.7. The van der Waals surface area contributed by atoms with Crippen LogP contribution in [0.25, 0.3) is 88.1 Å². The SMILES string of the molecule is C.CC(NC(=O)c1ccccc1Cl)C(O)c1ccccc1.CC([NH3+])C(O)c1ccccc1.Cc1cc2ccccc2c(-c2ccccc2Cl)n1.Clc1ccccc1-c1nc(C(Br)Br)cc2ccccc12.O=C(Cl)c1ccccc1Cl.O=C(O)c1cc2ccccc2c(-c2ccccc2Cl)n1.O=Cc1cc2ccccc2c(-c2ccccc2Cl)n1.O=[N+]([O-])O.O=[P+]([O-])P(=O)(O)O.[Ag].[Cl-]. The largest absolute Gasteiger partial charge is 1.00 e. The second kappa shape index (κ2) is 56.2. The van der Waals surface area contributed by atoms with Gasteiger partial charge in [-0.15, -0.1) is 10.1 Å². The van der Waals surface area contributed by atoms with E-state index in [1.54, 1.807) is 73.7 Å². The van der Waals surface area contributed by atoms with Gasteiger partial charge in [0.25, 0.3) is 16.2 Å². The first-order chi connectivity index (χ1) is 61.6. The number of aldehydes is 1.